The first-order valence-corrected chi connectivity index (χ1v) is 12.6. The summed E-state index contributed by atoms with van der Waals surface area (Å²) in [7, 11) is 1.56. The van der Waals surface area contributed by atoms with E-state index in [2.05, 4.69) is 31.8 Å². The third kappa shape index (κ3) is 7.39. The number of aryl methyl sites for hydroxylation is 1. The molecule has 0 saturated heterocycles. The zero-order chi connectivity index (χ0) is 27.8. The molecule has 0 aliphatic heterocycles. The van der Waals surface area contributed by atoms with Gasteiger partial charge in [0, 0.05) is 26.9 Å². The molecule has 0 unspecified atom stereocenters. The van der Waals surface area contributed by atoms with E-state index in [1.807, 2.05) is 13.0 Å². The number of carbonyl (C=O) groups is 3. The van der Waals surface area contributed by atoms with E-state index in [1.54, 1.807) is 92.0 Å². The molecule has 0 aliphatic carbocycles. The van der Waals surface area contributed by atoms with Gasteiger partial charge in [-0.2, -0.15) is 5.10 Å². The van der Waals surface area contributed by atoms with Crippen molar-refractivity contribution in [3.63, 3.8) is 0 Å². The molecule has 0 heterocycles. The number of rotatable bonds is 8. The summed E-state index contributed by atoms with van der Waals surface area (Å²) in [6, 6.07) is 25.3. The molecule has 0 atom stereocenters. The van der Waals surface area contributed by atoms with Crippen LogP contribution in [-0.2, 0) is 0 Å². The lowest BCUT2D eigenvalue weighted by molar-refractivity contribution is 0.0733. The molecule has 0 spiro atoms. The lowest BCUT2D eigenvalue weighted by Crippen LogP contribution is -2.18. The van der Waals surface area contributed by atoms with E-state index < -0.39 is 11.9 Å². The van der Waals surface area contributed by atoms with Crippen molar-refractivity contribution < 1.29 is 23.9 Å². The Morgan fingerprint density at radius 1 is 0.821 bits per heavy atom. The fourth-order valence-electron chi connectivity index (χ4n) is 3.52. The molecule has 4 aromatic rings. The predicted octanol–water partition coefficient (Wildman–Crippen LogP) is 6.00. The highest BCUT2D eigenvalue weighted by Gasteiger charge is 2.12. The van der Waals surface area contributed by atoms with Crippen molar-refractivity contribution in [2.24, 2.45) is 5.10 Å². The third-order valence-electron chi connectivity index (χ3n) is 5.56. The highest BCUT2D eigenvalue weighted by molar-refractivity contribution is 9.10. The van der Waals surface area contributed by atoms with Gasteiger partial charge in [0.1, 0.15) is 11.5 Å². The molecule has 2 N–H and O–H groups in total. The number of amides is 2. The minimum absolute atomic E-state index is 0.285. The molecule has 0 saturated carbocycles. The molecule has 39 heavy (non-hydrogen) atoms. The van der Waals surface area contributed by atoms with Gasteiger partial charge in [0.05, 0.1) is 18.9 Å². The van der Waals surface area contributed by atoms with Gasteiger partial charge in [-0.1, -0.05) is 33.6 Å². The summed E-state index contributed by atoms with van der Waals surface area (Å²) in [6.07, 6.45) is 1.39. The van der Waals surface area contributed by atoms with Crippen molar-refractivity contribution >= 4 is 45.6 Å². The second kappa shape index (κ2) is 12.7. The Balaban J connectivity index is 1.37. The van der Waals surface area contributed by atoms with Gasteiger partial charge in [-0.05, 0) is 85.8 Å². The van der Waals surface area contributed by atoms with Gasteiger partial charge in [-0.3, -0.25) is 9.59 Å². The minimum atomic E-state index is -0.501. The van der Waals surface area contributed by atoms with Crippen molar-refractivity contribution in [1.82, 2.24) is 5.43 Å². The molecule has 196 valence electrons. The van der Waals surface area contributed by atoms with E-state index in [-0.39, 0.29) is 5.91 Å². The maximum Gasteiger partial charge on any atom is 0.343 e. The number of hydrazone groups is 1. The second-order valence-electron chi connectivity index (χ2n) is 8.40. The number of nitrogens with one attached hydrogen (secondary N) is 2. The first kappa shape index (κ1) is 27.3. The second-order valence-corrected chi connectivity index (χ2v) is 9.32. The fourth-order valence-corrected chi connectivity index (χ4v) is 3.90. The Morgan fingerprint density at radius 2 is 1.51 bits per heavy atom. The van der Waals surface area contributed by atoms with E-state index in [9.17, 15) is 14.4 Å². The highest BCUT2D eigenvalue weighted by atomic mass is 79.9. The molecular formula is C30H24BrN3O5. The average molecular weight is 586 g/mol. The third-order valence-corrected chi connectivity index (χ3v) is 6.05. The number of methoxy groups -OCH3 is 1. The fraction of sp³-hybridized carbons (Fsp3) is 0.0667. The van der Waals surface area contributed by atoms with E-state index in [0.717, 1.165) is 10.0 Å². The molecule has 0 fully saturated rings. The average Bonchev–Trinajstić information content (AvgIpc) is 2.94. The van der Waals surface area contributed by atoms with Gasteiger partial charge in [-0.15, -0.1) is 0 Å². The first-order valence-electron chi connectivity index (χ1n) is 11.8. The lowest BCUT2D eigenvalue weighted by atomic mass is 10.1. The van der Waals surface area contributed by atoms with Crippen molar-refractivity contribution in [2.45, 2.75) is 6.92 Å². The van der Waals surface area contributed by atoms with Crippen molar-refractivity contribution in [1.29, 1.82) is 0 Å². The summed E-state index contributed by atoms with van der Waals surface area (Å²) in [6.45, 7) is 1.89. The van der Waals surface area contributed by atoms with Crippen LogP contribution in [0.25, 0.3) is 0 Å². The van der Waals surface area contributed by atoms with Crippen LogP contribution in [0.3, 0.4) is 0 Å². The molecule has 0 radical (unpaired) electrons. The predicted molar refractivity (Wildman–Crippen MR) is 153 cm³/mol. The normalized spacial score (nSPS) is 10.6. The molecule has 2 amide bonds. The van der Waals surface area contributed by atoms with Gasteiger partial charge >= 0.3 is 5.97 Å². The van der Waals surface area contributed by atoms with Crippen LogP contribution in [0.1, 0.15) is 42.2 Å². The van der Waals surface area contributed by atoms with Gasteiger partial charge in [0.2, 0.25) is 0 Å². The molecular weight excluding hydrogens is 562 g/mol. The number of hydrogen-bond acceptors (Lipinski definition) is 6. The summed E-state index contributed by atoms with van der Waals surface area (Å²) < 4.78 is 11.4. The Kier molecular flexibility index (Phi) is 8.86. The van der Waals surface area contributed by atoms with E-state index in [1.165, 1.54) is 6.21 Å². The lowest BCUT2D eigenvalue weighted by Gasteiger charge is -2.09. The molecule has 0 aromatic heterocycles. The van der Waals surface area contributed by atoms with Crippen LogP contribution in [0.15, 0.2) is 101 Å². The minimum Gasteiger partial charge on any atom is -0.497 e. The standard InChI is InChI=1S/C30H24BrN3O5/c1-19-4-3-5-22(16-19)30(37)39-27-15-10-24(31)17-23(27)18-32-34-29(36)21-6-11-25(12-7-21)33-28(35)20-8-13-26(38-2)14-9-20/h3-18H,1-2H3,(H,33,35)(H,34,36)/b32-18-. The Morgan fingerprint density at radius 3 is 2.21 bits per heavy atom. The molecule has 0 bridgehead atoms. The number of esters is 1. The smallest absolute Gasteiger partial charge is 0.343 e. The highest BCUT2D eigenvalue weighted by Crippen LogP contribution is 2.23. The number of benzene rings is 4. The van der Waals surface area contributed by atoms with Crippen LogP contribution in [0.4, 0.5) is 5.69 Å². The monoisotopic (exact) mass is 585 g/mol. The summed E-state index contributed by atoms with van der Waals surface area (Å²) in [5, 5.41) is 6.80. The van der Waals surface area contributed by atoms with Crippen LogP contribution in [0.2, 0.25) is 0 Å². The molecule has 9 heteroatoms. The van der Waals surface area contributed by atoms with Gasteiger partial charge < -0.3 is 14.8 Å². The quantitative estimate of drug-likeness (QED) is 0.114. The van der Waals surface area contributed by atoms with Crippen LogP contribution in [-0.4, -0.2) is 31.1 Å². The molecule has 8 nitrogen and oxygen atoms in total. The topological polar surface area (TPSA) is 106 Å². The number of hydrogen-bond donors (Lipinski definition) is 2. The first-order chi connectivity index (χ1) is 18.8. The van der Waals surface area contributed by atoms with Gasteiger partial charge in [-0.25, -0.2) is 10.2 Å². The molecule has 4 rings (SSSR count). The number of carbonyl (C=O) groups excluding carboxylic acids is 3. The Hall–Kier alpha value is -4.76. The van der Waals surface area contributed by atoms with E-state index in [0.29, 0.717) is 39.4 Å². The summed E-state index contributed by atoms with van der Waals surface area (Å²) in [5.74, 6) is -0.289. The molecule has 4 aromatic carbocycles. The number of nitrogens with zero attached hydrogens (tertiary/aromatic N) is 1. The Bertz CT molecular complexity index is 1530. The van der Waals surface area contributed by atoms with Crippen LogP contribution in [0.5, 0.6) is 11.5 Å². The number of halogens is 1. The van der Waals surface area contributed by atoms with Gasteiger partial charge in [0.15, 0.2) is 0 Å². The SMILES string of the molecule is COc1ccc(C(=O)Nc2ccc(C(=O)N/N=C\c3cc(Br)ccc3OC(=O)c3cccc(C)c3)cc2)cc1. The summed E-state index contributed by atoms with van der Waals surface area (Å²) >= 11 is 3.39. The summed E-state index contributed by atoms with van der Waals surface area (Å²) in [5.41, 5.74) is 5.67. The zero-order valence-corrected chi connectivity index (χ0v) is 22.7. The largest absolute Gasteiger partial charge is 0.497 e. The molecule has 0 aliphatic rings. The van der Waals surface area contributed by atoms with E-state index in [4.69, 9.17) is 9.47 Å². The zero-order valence-electron chi connectivity index (χ0n) is 21.1. The van der Waals surface area contributed by atoms with Crippen molar-refractivity contribution in [3.05, 3.63) is 123 Å². The van der Waals surface area contributed by atoms with Crippen molar-refractivity contribution in [3.8, 4) is 11.5 Å². The number of ether oxygens (including phenoxy) is 2. The van der Waals surface area contributed by atoms with Crippen LogP contribution < -0.4 is 20.2 Å². The maximum absolute atomic E-state index is 12.6. The van der Waals surface area contributed by atoms with E-state index >= 15 is 0 Å². The van der Waals surface area contributed by atoms with Gasteiger partial charge in [0.25, 0.3) is 11.8 Å². The Labute approximate surface area is 233 Å². The maximum atomic E-state index is 12.6. The summed E-state index contributed by atoms with van der Waals surface area (Å²) in [4.78, 5) is 37.6. The van der Waals surface area contributed by atoms with Crippen LogP contribution in [0, 0.1) is 6.92 Å². The number of anilines is 1. The van der Waals surface area contributed by atoms with Crippen LogP contribution >= 0.6 is 15.9 Å². The van der Waals surface area contributed by atoms with Crippen molar-refractivity contribution in [2.75, 3.05) is 12.4 Å².